The standard InChI is InChI=1S/C18H25FO/c1-20-14-2-3-15-4-6-16(7-5-15)8-9-17-10-12-18(19)13-11-17/h2-3,10-13,15-16H,4-9,14H2,1H3. The molecule has 2 heteroatoms. The Morgan fingerprint density at radius 1 is 1.15 bits per heavy atom. The summed E-state index contributed by atoms with van der Waals surface area (Å²) in [5.41, 5.74) is 1.26. The average molecular weight is 276 g/mol. The zero-order valence-electron chi connectivity index (χ0n) is 12.4. The molecule has 0 aromatic heterocycles. The average Bonchev–Trinajstić information content (AvgIpc) is 2.48. The Kier molecular flexibility index (Phi) is 6.25. The van der Waals surface area contributed by atoms with Gasteiger partial charge >= 0.3 is 0 Å². The molecule has 1 aromatic carbocycles. The Balaban J connectivity index is 1.68. The van der Waals surface area contributed by atoms with Gasteiger partial charge in [-0.15, -0.1) is 0 Å². The molecule has 1 aliphatic rings. The van der Waals surface area contributed by atoms with Gasteiger partial charge in [0.25, 0.3) is 0 Å². The molecular weight excluding hydrogens is 251 g/mol. The van der Waals surface area contributed by atoms with Crippen molar-refractivity contribution in [3.05, 3.63) is 47.8 Å². The number of hydrogen-bond donors (Lipinski definition) is 0. The molecule has 0 atom stereocenters. The normalized spacial score (nSPS) is 23.3. The first-order chi connectivity index (χ1) is 9.78. The Morgan fingerprint density at radius 2 is 1.85 bits per heavy atom. The summed E-state index contributed by atoms with van der Waals surface area (Å²) < 4.78 is 17.9. The number of benzene rings is 1. The molecule has 0 N–H and O–H groups in total. The van der Waals surface area contributed by atoms with Crippen LogP contribution in [0.15, 0.2) is 36.4 Å². The van der Waals surface area contributed by atoms with Crippen molar-refractivity contribution in [3.8, 4) is 0 Å². The lowest BCUT2D eigenvalue weighted by molar-refractivity contribution is 0.232. The second-order valence-corrected chi connectivity index (χ2v) is 5.83. The predicted octanol–water partition coefficient (Wildman–Crippen LogP) is 4.77. The van der Waals surface area contributed by atoms with Crippen molar-refractivity contribution >= 4 is 0 Å². The van der Waals surface area contributed by atoms with Crippen LogP contribution in [0.2, 0.25) is 0 Å². The van der Waals surface area contributed by atoms with Gasteiger partial charge in [-0.1, -0.05) is 24.3 Å². The highest BCUT2D eigenvalue weighted by molar-refractivity contribution is 5.16. The Morgan fingerprint density at radius 3 is 2.50 bits per heavy atom. The van der Waals surface area contributed by atoms with Gasteiger partial charge in [-0.05, 0) is 68.1 Å². The van der Waals surface area contributed by atoms with E-state index in [0.29, 0.717) is 0 Å². The van der Waals surface area contributed by atoms with Gasteiger partial charge in [0.2, 0.25) is 0 Å². The first kappa shape index (κ1) is 15.2. The molecule has 20 heavy (non-hydrogen) atoms. The zero-order valence-corrected chi connectivity index (χ0v) is 12.4. The quantitative estimate of drug-likeness (QED) is 0.680. The van der Waals surface area contributed by atoms with E-state index in [1.54, 1.807) is 19.2 Å². The van der Waals surface area contributed by atoms with E-state index < -0.39 is 0 Å². The number of hydrogen-bond acceptors (Lipinski definition) is 1. The number of halogens is 1. The van der Waals surface area contributed by atoms with Crippen molar-refractivity contribution in [3.63, 3.8) is 0 Å². The fourth-order valence-electron chi connectivity index (χ4n) is 3.04. The van der Waals surface area contributed by atoms with Crippen LogP contribution in [0, 0.1) is 17.7 Å². The Bertz CT molecular complexity index is 402. The molecule has 1 aliphatic carbocycles. The summed E-state index contributed by atoms with van der Waals surface area (Å²) in [6.07, 6.45) is 12.0. The van der Waals surface area contributed by atoms with Gasteiger partial charge in [0.15, 0.2) is 0 Å². The van der Waals surface area contributed by atoms with Gasteiger partial charge in [-0.2, -0.15) is 0 Å². The first-order valence-corrected chi connectivity index (χ1v) is 7.68. The molecule has 0 aliphatic heterocycles. The highest BCUT2D eigenvalue weighted by atomic mass is 19.1. The summed E-state index contributed by atoms with van der Waals surface area (Å²) in [5.74, 6) is 1.44. The van der Waals surface area contributed by atoms with E-state index >= 15 is 0 Å². The minimum Gasteiger partial charge on any atom is -0.381 e. The largest absolute Gasteiger partial charge is 0.381 e. The van der Waals surface area contributed by atoms with Crippen LogP contribution >= 0.6 is 0 Å². The fourth-order valence-corrected chi connectivity index (χ4v) is 3.04. The van der Waals surface area contributed by atoms with E-state index in [-0.39, 0.29) is 5.82 Å². The van der Waals surface area contributed by atoms with Gasteiger partial charge in [0, 0.05) is 7.11 Å². The zero-order chi connectivity index (χ0) is 14.2. The highest BCUT2D eigenvalue weighted by Crippen LogP contribution is 2.32. The number of rotatable bonds is 6. The fraction of sp³-hybridized carbons (Fsp3) is 0.556. The maximum absolute atomic E-state index is 12.8. The van der Waals surface area contributed by atoms with Crippen molar-refractivity contribution in [2.24, 2.45) is 11.8 Å². The van der Waals surface area contributed by atoms with Crippen LogP contribution in [0.25, 0.3) is 0 Å². The molecule has 0 bridgehead atoms. The summed E-state index contributed by atoms with van der Waals surface area (Å²) in [7, 11) is 1.73. The lowest BCUT2D eigenvalue weighted by Crippen LogP contribution is -2.13. The third-order valence-corrected chi connectivity index (χ3v) is 4.32. The third-order valence-electron chi connectivity index (χ3n) is 4.32. The maximum Gasteiger partial charge on any atom is 0.123 e. The second-order valence-electron chi connectivity index (χ2n) is 5.83. The van der Waals surface area contributed by atoms with Crippen LogP contribution < -0.4 is 0 Å². The van der Waals surface area contributed by atoms with Gasteiger partial charge in [0.1, 0.15) is 5.82 Å². The van der Waals surface area contributed by atoms with Crippen LogP contribution in [0.4, 0.5) is 4.39 Å². The predicted molar refractivity (Wildman–Crippen MR) is 81.2 cm³/mol. The first-order valence-electron chi connectivity index (χ1n) is 7.68. The Hall–Kier alpha value is -1.15. The van der Waals surface area contributed by atoms with Crippen molar-refractivity contribution in [1.29, 1.82) is 0 Å². The van der Waals surface area contributed by atoms with Crippen LogP contribution in [0.1, 0.15) is 37.7 Å². The summed E-state index contributed by atoms with van der Waals surface area (Å²) in [6, 6.07) is 6.95. The Labute approximate surface area is 121 Å². The molecule has 0 amide bonds. The van der Waals surface area contributed by atoms with E-state index in [1.807, 2.05) is 12.1 Å². The van der Waals surface area contributed by atoms with Gasteiger partial charge in [-0.25, -0.2) is 4.39 Å². The molecule has 2 rings (SSSR count). The molecular formula is C18H25FO. The molecule has 0 unspecified atom stereocenters. The molecule has 0 radical (unpaired) electrons. The smallest absolute Gasteiger partial charge is 0.123 e. The SMILES string of the molecule is COCC=CC1CCC(CCc2ccc(F)cc2)CC1. The third kappa shape index (κ3) is 5.09. The molecule has 1 aromatic rings. The van der Waals surface area contributed by atoms with Crippen LogP contribution in [0.5, 0.6) is 0 Å². The minimum absolute atomic E-state index is 0.142. The molecule has 0 spiro atoms. The molecule has 0 saturated heterocycles. The van der Waals surface area contributed by atoms with Gasteiger partial charge in [-0.3, -0.25) is 0 Å². The number of allylic oxidation sites excluding steroid dienone is 1. The summed E-state index contributed by atoms with van der Waals surface area (Å²) in [5, 5.41) is 0. The topological polar surface area (TPSA) is 9.23 Å². The summed E-state index contributed by atoms with van der Waals surface area (Å²) in [6.45, 7) is 0.727. The number of methoxy groups -OCH3 is 1. The lowest BCUT2D eigenvalue weighted by atomic mass is 9.79. The second kappa shape index (κ2) is 8.21. The van der Waals surface area contributed by atoms with Gasteiger partial charge < -0.3 is 4.74 Å². The van der Waals surface area contributed by atoms with Crippen LogP contribution in [-0.2, 0) is 11.2 Å². The summed E-state index contributed by atoms with van der Waals surface area (Å²) in [4.78, 5) is 0. The molecule has 1 saturated carbocycles. The lowest BCUT2D eigenvalue weighted by Gasteiger charge is -2.26. The molecule has 1 nitrogen and oxygen atoms in total. The maximum atomic E-state index is 12.8. The van der Waals surface area contributed by atoms with Crippen LogP contribution in [0.3, 0.4) is 0 Å². The highest BCUT2D eigenvalue weighted by Gasteiger charge is 2.19. The minimum atomic E-state index is -0.142. The number of aryl methyl sites for hydroxylation is 1. The monoisotopic (exact) mass is 276 g/mol. The van der Waals surface area contributed by atoms with Gasteiger partial charge in [0.05, 0.1) is 6.61 Å². The van der Waals surface area contributed by atoms with E-state index in [4.69, 9.17) is 4.74 Å². The van der Waals surface area contributed by atoms with E-state index in [0.717, 1.165) is 24.9 Å². The molecule has 110 valence electrons. The summed E-state index contributed by atoms with van der Waals surface area (Å²) >= 11 is 0. The van der Waals surface area contributed by atoms with Crippen molar-refractivity contribution < 1.29 is 9.13 Å². The molecule has 1 fully saturated rings. The molecule has 0 heterocycles. The van der Waals surface area contributed by atoms with E-state index in [9.17, 15) is 4.39 Å². The van der Waals surface area contributed by atoms with Crippen molar-refractivity contribution in [2.45, 2.75) is 38.5 Å². The van der Waals surface area contributed by atoms with Crippen LogP contribution in [-0.4, -0.2) is 13.7 Å². The van der Waals surface area contributed by atoms with Crippen molar-refractivity contribution in [1.82, 2.24) is 0 Å². The van der Waals surface area contributed by atoms with E-state index in [2.05, 4.69) is 12.2 Å². The number of ether oxygens (including phenoxy) is 1. The van der Waals surface area contributed by atoms with Crippen molar-refractivity contribution in [2.75, 3.05) is 13.7 Å². The van der Waals surface area contributed by atoms with E-state index in [1.165, 1.54) is 37.7 Å².